The average molecular weight is 679 g/mol. The van der Waals surface area contributed by atoms with Crippen molar-refractivity contribution in [3.05, 3.63) is 204 Å². The SMILES string of the molecule is CC1CC=CC2=C1c1ccccc1C21c2ccccc2-c2ccc(-c3ccccc3N(C)c3ccc4c5ccccc5n(-c5ccccc5)c4c3)cc21. The van der Waals surface area contributed by atoms with E-state index >= 15 is 0 Å². The molecule has 7 aromatic carbocycles. The monoisotopic (exact) mass is 678 g/mol. The molecule has 3 aliphatic rings. The lowest BCUT2D eigenvalue weighted by Gasteiger charge is -2.33. The Morgan fingerprint density at radius 2 is 1.23 bits per heavy atom. The van der Waals surface area contributed by atoms with Crippen molar-refractivity contribution in [1.82, 2.24) is 4.57 Å². The average Bonchev–Trinajstić information content (AvgIpc) is 3.82. The third-order valence-corrected chi connectivity index (χ3v) is 12.3. The minimum atomic E-state index is -0.338. The second-order valence-corrected chi connectivity index (χ2v) is 14.9. The molecule has 0 saturated heterocycles. The van der Waals surface area contributed by atoms with Gasteiger partial charge in [-0.15, -0.1) is 0 Å². The molecule has 0 fully saturated rings. The first kappa shape index (κ1) is 30.3. The summed E-state index contributed by atoms with van der Waals surface area (Å²) in [4.78, 5) is 2.36. The molecule has 0 N–H and O–H groups in total. The minimum absolute atomic E-state index is 0.338. The van der Waals surface area contributed by atoms with Gasteiger partial charge in [0.2, 0.25) is 0 Å². The molecule has 1 aromatic heterocycles. The van der Waals surface area contributed by atoms with E-state index in [9.17, 15) is 0 Å². The van der Waals surface area contributed by atoms with Crippen LogP contribution in [0, 0.1) is 5.92 Å². The molecule has 1 spiro atoms. The topological polar surface area (TPSA) is 8.17 Å². The second-order valence-electron chi connectivity index (χ2n) is 14.9. The molecule has 3 aliphatic carbocycles. The van der Waals surface area contributed by atoms with Crippen molar-refractivity contribution in [2.24, 2.45) is 5.92 Å². The molecule has 11 rings (SSSR count). The van der Waals surface area contributed by atoms with Crippen molar-refractivity contribution in [3.63, 3.8) is 0 Å². The van der Waals surface area contributed by atoms with E-state index in [4.69, 9.17) is 0 Å². The quantitative estimate of drug-likeness (QED) is 0.180. The third kappa shape index (κ3) is 4.09. The molecule has 0 amide bonds. The predicted octanol–water partition coefficient (Wildman–Crippen LogP) is 12.9. The lowest BCUT2D eigenvalue weighted by atomic mass is 9.68. The van der Waals surface area contributed by atoms with Crippen LogP contribution in [0.5, 0.6) is 0 Å². The number of rotatable bonds is 4. The summed E-state index contributed by atoms with van der Waals surface area (Å²) in [5.74, 6) is 0.474. The van der Waals surface area contributed by atoms with Crippen molar-refractivity contribution in [1.29, 1.82) is 0 Å². The van der Waals surface area contributed by atoms with E-state index in [1.165, 1.54) is 88.8 Å². The maximum Gasteiger partial charge on any atom is 0.0722 e. The van der Waals surface area contributed by atoms with Crippen LogP contribution in [0.1, 0.15) is 35.6 Å². The molecule has 252 valence electrons. The molecule has 2 nitrogen and oxygen atoms in total. The van der Waals surface area contributed by atoms with E-state index in [1.807, 2.05) is 0 Å². The van der Waals surface area contributed by atoms with Gasteiger partial charge < -0.3 is 9.47 Å². The first-order chi connectivity index (χ1) is 26.1. The summed E-state index contributed by atoms with van der Waals surface area (Å²) < 4.78 is 2.40. The van der Waals surface area contributed by atoms with Gasteiger partial charge in [0.05, 0.1) is 16.4 Å². The zero-order valence-electron chi connectivity index (χ0n) is 29.9. The van der Waals surface area contributed by atoms with Gasteiger partial charge in [0.1, 0.15) is 0 Å². The van der Waals surface area contributed by atoms with E-state index in [0.29, 0.717) is 5.92 Å². The number of allylic oxidation sites excluding steroid dienone is 4. The summed E-state index contributed by atoms with van der Waals surface area (Å²) in [5, 5.41) is 2.53. The molecule has 2 heteroatoms. The lowest BCUT2D eigenvalue weighted by Crippen LogP contribution is -2.27. The first-order valence-corrected chi connectivity index (χ1v) is 18.8. The fraction of sp³-hybridized carbons (Fsp3) is 0.0980. The molecule has 8 aromatic rings. The Balaban J connectivity index is 1.09. The molecular formula is C51H38N2. The van der Waals surface area contributed by atoms with Gasteiger partial charge >= 0.3 is 0 Å². The molecule has 0 bridgehead atoms. The smallest absolute Gasteiger partial charge is 0.0722 e. The van der Waals surface area contributed by atoms with Crippen molar-refractivity contribution in [3.8, 4) is 27.9 Å². The summed E-state index contributed by atoms with van der Waals surface area (Å²) in [6, 6.07) is 60.8. The van der Waals surface area contributed by atoms with E-state index in [0.717, 1.165) is 12.1 Å². The van der Waals surface area contributed by atoms with E-state index in [-0.39, 0.29) is 5.41 Å². The summed E-state index contributed by atoms with van der Waals surface area (Å²) in [6.45, 7) is 2.40. The van der Waals surface area contributed by atoms with Crippen molar-refractivity contribution >= 4 is 38.8 Å². The van der Waals surface area contributed by atoms with Crippen molar-refractivity contribution < 1.29 is 0 Å². The highest BCUT2D eigenvalue weighted by molar-refractivity contribution is 6.10. The van der Waals surface area contributed by atoms with E-state index in [2.05, 4.69) is 199 Å². The Bertz CT molecular complexity index is 2850. The lowest BCUT2D eigenvalue weighted by molar-refractivity contribution is 0.731. The Morgan fingerprint density at radius 3 is 2.08 bits per heavy atom. The molecule has 2 atom stereocenters. The molecule has 2 unspecified atom stereocenters. The normalized spacial score (nSPS) is 18.0. The van der Waals surface area contributed by atoms with Gasteiger partial charge in [-0.1, -0.05) is 140 Å². The van der Waals surface area contributed by atoms with Gasteiger partial charge in [-0.25, -0.2) is 0 Å². The van der Waals surface area contributed by atoms with Crippen LogP contribution in [0.25, 0.3) is 55.3 Å². The zero-order chi connectivity index (χ0) is 35.3. The van der Waals surface area contributed by atoms with Crippen LogP contribution in [0.3, 0.4) is 0 Å². The Morgan fingerprint density at radius 1 is 0.566 bits per heavy atom. The van der Waals surface area contributed by atoms with Gasteiger partial charge in [0.25, 0.3) is 0 Å². The van der Waals surface area contributed by atoms with Gasteiger partial charge in [-0.05, 0) is 105 Å². The third-order valence-electron chi connectivity index (χ3n) is 12.3. The number of para-hydroxylation sites is 3. The van der Waals surface area contributed by atoms with Crippen LogP contribution in [-0.2, 0) is 5.41 Å². The second kappa shape index (κ2) is 11.3. The standard InChI is InChI=1S/C51H38N2/c1-33-15-14-24-45-50(33)42-21-7-11-23-44(42)51(45)43-22-10-6-19-38(43)39-29-27-34(31-46(39)51)37-18-8-12-25-47(37)52(2)36-28-30-41-40-20-9-13-26-48(40)53(49(41)32-36)35-16-4-3-5-17-35/h3-14,16-33H,15H2,1-2H3. The molecule has 1 heterocycles. The maximum atomic E-state index is 2.51. The maximum absolute atomic E-state index is 2.51. The summed E-state index contributed by atoms with van der Waals surface area (Å²) >= 11 is 0. The van der Waals surface area contributed by atoms with E-state index in [1.54, 1.807) is 0 Å². The van der Waals surface area contributed by atoms with E-state index < -0.39 is 0 Å². The summed E-state index contributed by atoms with van der Waals surface area (Å²) in [7, 11) is 2.21. The first-order valence-electron chi connectivity index (χ1n) is 18.8. The molecular weight excluding hydrogens is 641 g/mol. The zero-order valence-corrected chi connectivity index (χ0v) is 29.9. The number of nitrogens with zero attached hydrogens (tertiary/aromatic N) is 2. The molecule has 53 heavy (non-hydrogen) atoms. The predicted molar refractivity (Wildman–Crippen MR) is 222 cm³/mol. The Labute approximate surface area is 310 Å². The van der Waals surface area contributed by atoms with Gasteiger partial charge in [0, 0.05) is 40.4 Å². The van der Waals surface area contributed by atoms with Crippen LogP contribution in [0.15, 0.2) is 182 Å². The highest BCUT2D eigenvalue weighted by Gasteiger charge is 2.53. The molecule has 0 saturated carbocycles. The Kier molecular flexibility index (Phi) is 6.46. The van der Waals surface area contributed by atoms with Crippen molar-refractivity contribution in [2.45, 2.75) is 18.8 Å². The number of benzene rings is 7. The highest BCUT2D eigenvalue weighted by atomic mass is 15.1. The minimum Gasteiger partial charge on any atom is -0.344 e. The number of hydrogen-bond donors (Lipinski definition) is 0. The molecule has 0 radical (unpaired) electrons. The summed E-state index contributed by atoms with van der Waals surface area (Å²) in [5.41, 5.74) is 19.3. The number of hydrogen-bond acceptors (Lipinski definition) is 1. The van der Waals surface area contributed by atoms with Crippen LogP contribution >= 0.6 is 0 Å². The Hall–Kier alpha value is -6.38. The van der Waals surface area contributed by atoms with Gasteiger partial charge in [0.15, 0.2) is 0 Å². The fourth-order valence-corrected chi connectivity index (χ4v) is 9.99. The summed E-state index contributed by atoms with van der Waals surface area (Å²) in [6.07, 6.45) is 5.93. The molecule has 0 aliphatic heterocycles. The number of anilines is 2. The largest absolute Gasteiger partial charge is 0.344 e. The van der Waals surface area contributed by atoms with Crippen LogP contribution in [0.2, 0.25) is 0 Å². The van der Waals surface area contributed by atoms with Gasteiger partial charge in [-0.3, -0.25) is 0 Å². The highest BCUT2D eigenvalue weighted by Crippen LogP contribution is 2.64. The number of fused-ring (bicyclic) bond motifs is 12. The van der Waals surface area contributed by atoms with Crippen molar-refractivity contribution in [2.75, 3.05) is 11.9 Å². The van der Waals surface area contributed by atoms with Gasteiger partial charge in [-0.2, -0.15) is 0 Å². The van der Waals surface area contributed by atoms with Crippen LogP contribution in [-0.4, -0.2) is 11.6 Å². The number of aromatic nitrogens is 1. The van der Waals surface area contributed by atoms with Crippen LogP contribution < -0.4 is 4.90 Å². The van der Waals surface area contributed by atoms with Crippen LogP contribution in [0.4, 0.5) is 11.4 Å². The fourth-order valence-electron chi connectivity index (χ4n) is 9.99.